The second-order valence-corrected chi connectivity index (χ2v) is 3.27. The van der Waals surface area contributed by atoms with Crippen molar-refractivity contribution in [2.45, 2.75) is 19.9 Å². The monoisotopic (exact) mass is 168 g/mol. The molecule has 0 fully saturated rings. The fourth-order valence-corrected chi connectivity index (χ4v) is 1.08. The van der Waals surface area contributed by atoms with Crippen LogP contribution in [0.2, 0.25) is 0 Å². The van der Waals surface area contributed by atoms with Crippen molar-refractivity contribution >= 4 is 0 Å². The number of rotatable bonds is 3. The molecule has 3 nitrogen and oxygen atoms in total. The zero-order valence-corrected chi connectivity index (χ0v) is 7.79. The quantitative estimate of drug-likeness (QED) is 0.721. The van der Waals surface area contributed by atoms with Crippen LogP contribution in [0.25, 0.3) is 0 Å². The Balaban J connectivity index is 2.74. The highest BCUT2D eigenvalue weighted by Gasteiger charge is 2.11. The van der Waals surface area contributed by atoms with Crippen LogP contribution in [0.15, 0.2) is 12.3 Å². The van der Waals surface area contributed by atoms with Crippen LogP contribution in [0.3, 0.4) is 0 Å². The summed E-state index contributed by atoms with van der Waals surface area (Å²) in [5.74, 6) is 1.21. The lowest BCUT2D eigenvalue weighted by Gasteiger charge is -2.12. The molecule has 0 spiro atoms. The molecule has 0 saturated carbocycles. The first kappa shape index (κ1) is 9.13. The molecule has 68 valence electrons. The van der Waals surface area contributed by atoms with Gasteiger partial charge in [-0.25, -0.2) is 0 Å². The number of methoxy groups -OCH3 is 1. The van der Waals surface area contributed by atoms with Crippen molar-refractivity contribution in [3.05, 3.63) is 17.8 Å². The molecule has 1 rings (SSSR count). The number of nitrogens with one attached hydrogen (secondary N) is 1. The van der Waals surface area contributed by atoms with Crippen molar-refractivity contribution in [1.82, 2.24) is 4.98 Å². The van der Waals surface area contributed by atoms with Crippen molar-refractivity contribution in [3.8, 4) is 5.88 Å². The summed E-state index contributed by atoms with van der Waals surface area (Å²) >= 11 is 0. The number of aromatic amines is 1. The predicted molar refractivity (Wildman–Crippen MR) is 49.1 cm³/mol. The molecule has 1 atom stereocenters. The van der Waals surface area contributed by atoms with Gasteiger partial charge >= 0.3 is 0 Å². The summed E-state index contributed by atoms with van der Waals surface area (Å²) in [4.78, 5) is 2.99. The Labute approximate surface area is 72.9 Å². The Morgan fingerprint density at radius 1 is 1.50 bits per heavy atom. The van der Waals surface area contributed by atoms with Gasteiger partial charge in [0.05, 0.1) is 7.11 Å². The van der Waals surface area contributed by atoms with Crippen molar-refractivity contribution in [2.24, 2.45) is 11.7 Å². The molecule has 0 aromatic carbocycles. The van der Waals surface area contributed by atoms with E-state index < -0.39 is 0 Å². The van der Waals surface area contributed by atoms with Gasteiger partial charge in [0.1, 0.15) is 0 Å². The minimum absolute atomic E-state index is 0.0881. The Kier molecular flexibility index (Phi) is 2.76. The average molecular weight is 168 g/mol. The number of hydrogen-bond acceptors (Lipinski definition) is 2. The van der Waals surface area contributed by atoms with Crippen molar-refractivity contribution < 1.29 is 4.74 Å². The van der Waals surface area contributed by atoms with Gasteiger partial charge in [-0.05, 0) is 11.5 Å². The molecule has 1 aromatic heterocycles. The lowest BCUT2D eigenvalue weighted by molar-refractivity contribution is 0.400. The Hall–Kier alpha value is -0.960. The minimum Gasteiger partial charge on any atom is -0.482 e. The second kappa shape index (κ2) is 3.63. The molecule has 0 unspecified atom stereocenters. The van der Waals surface area contributed by atoms with Gasteiger partial charge in [-0.2, -0.15) is 0 Å². The molecule has 1 aromatic rings. The van der Waals surface area contributed by atoms with Crippen LogP contribution in [0.5, 0.6) is 5.88 Å². The van der Waals surface area contributed by atoms with Gasteiger partial charge in [0, 0.05) is 18.3 Å². The standard InChI is InChI=1S/C9H16N2O/c1-6(2)9(10)7-4-8(12-3)11-5-7/h4-6,9,11H,10H2,1-3H3/t9-/m0/s1. The van der Waals surface area contributed by atoms with Crippen molar-refractivity contribution in [1.29, 1.82) is 0 Å². The molecule has 0 aliphatic rings. The third-order valence-corrected chi connectivity index (χ3v) is 2.00. The summed E-state index contributed by atoms with van der Waals surface area (Å²) in [7, 11) is 1.64. The smallest absolute Gasteiger partial charge is 0.190 e. The van der Waals surface area contributed by atoms with Crippen LogP contribution in [0.1, 0.15) is 25.5 Å². The van der Waals surface area contributed by atoms with E-state index in [0.29, 0.717) is 5.92 Å². The predicted octanol–water partition coefficient (Wildman–Crippen LogP) is 1.68. The molecule has 0 aliphatic carbocycles. The van der Waals surface area contributed by atoms with E-state index in [1.807, 2.05) is 12.3 Å². The van der Waals surface area contributed by atoms with E-state index in [1.54, 1.807) is 7.11 Å². The van der Waals surface area contributed by atoms with Crippen molar-refractivity contribution in [3.63, 3.8) is 0 Å². The summed E-state index contributed by atoms with van der Waals surface area (Å²) in [6.07, 6.45) is 1.89. The number of H-pyrrole nitrogens is 1. The van der Waals surface area contributed by atoms with E-state index in [1.165, 1.54) is 0 Å². The first-order chi connectivity index (χ1) is 5.65. The van der Waals surface area contributed by atoms with Gasteiger partial charge in [-0.1, -0.05) is 13.8 Å². The van der Waals surface area contributed by atoms with Gasteiger partial charge in [0.25, 0.3) is 0 Å². The highest BCUT2D eigenvalue weighted by atomic mass is 16.5. The molecule has 3 heteroatoms. The van der Waals surface area contributed by atoms with E-state index in [2.05, 4.69) is 18.8 Å². The molecule has 0 saturated heterocycles. The van der Waals surface area contributed by atoms with Crippen LogP contribution in [0.4, 0.5) is 0 Å². The van der Waals surface area contributed by atoms with Crippen LogP contribution < -0.4 is 10.5 Å². The maximum absolute atomic E-state index is 5.93. The first-order valence-electron chi connectivity index (χ1n) is 4.13. The maximum Gasteiger partial charge on any atom is 0.190 e. The van der Waals surface area contributed by atoms with Gasteiger partial charge in [0.2, 0.25) is 0 Å². The zero-order valence-electron chi connectivity index (χ0n) is 7.79. The maximum atomic E-state index is 5.93. The summed E-state index contributed by atoms with van der Waals surface area (Å²) in [6.45, 7) is 4.20. The molecule has 0 radical (unpaired) electrons. The topological polar surface area (TPSA) is 51.0 Å². The molecule has 0 bridgehead atoms. The Bertz CT molecular complexity index is 242. The summed E-state index contributed by atoms with van der Waals surface area (Å²) < 4.78 is 5.01. The van der Waals surface area contributed by atoms with Crippen LogP contribution >= 0.6 is 0 Å². The van der Waals surface area contributed by atoms with E-state index in [4.69, 9.17) is 10.5 Å². The summed E-state index contributed by atoms with van der Waals surface area (Å²) in [5.41, 5.74) is 7.03. The average Bonchev–Trinajstić information content (AvgIpc) is 2.50. The highest BCUT2D eigenvalue weighted by Crippen LogP contribution is 2.21. The first-order valence-corrected chi connectivity index (χ1v) is 4.13. The van der Waals surface area contributed by atoms with Crippen LogP contribution in [0, 0.1) is 5.92 Å². The number of aromatic nitrogens is 1. The second-order valence-electron chi connectivity index (χ2n) is 3.27. The molecular weight excluding hydrogens is 152 g/mol. The van der Waals surface area contributed by atoms with E-state index >= 15 is 0 Å². The molecule has 0 aliphatic heterocycles. The SMILES string of the molecule is COc1cc([C@@H](N)C(C)C)c[nH]1. The number of hydrogen-bond donors (Lipinski definition) is 2. The van der Waals surface area contributed by atoms with Gasteiger partial charge in [0.15, 0.2) is 5.88 Å². The highest BCUT2D eigenvalue weighted by molar-refractivity contribution is 5.24. The third kappa shape index (κ3) is 1.80. The fourth-order valence-electron chi connectivity index (χ4n) is 1.08. The minimum atomic E-state index is 0.0881. The summed E-state index contributed by atoms with van der Waals surface area (Å²) in [5, 5.41) is 0. The van der Waals surface area contributed by atoms with Gasteiger partial charge in [-0.3, -0.25) is 0 Å². The lowest BCUT2D eigenvalue weighted by Crippen LogP contribution is -2.15. The summed E-state index contributed by atoms with van der Waals surface area (Å²) in [6, 6.07) is 2.02. The zero-order chi connectivity index (χ0) is 9.14. The van der Waals surface area contributed by atoms with E-state index in [-0.39, 0.29) is 6.04 Å². The van der Waals surface area contributed by atoms with Crippen LogP contribution in [-0.4, -0.2) is 12.1 Å². The van der Waals surface area contributed by atoms with Crippen LogP contribution in [-0.2, 0) is 0 Å². The fraction of sp³-hybridized carbons (Fsp3) is 0.556. The van der Waals surface area contributed by atoms with Crippen molar-refractivity contribution in [2.75, 3.05) is 7.11 Å². The van der Waals surface area contributed by atoms with E-state index in [9.17, 15) is 0 Å². The Morgan fingerprint density at radius 2 is 2.17 bits per heavy atom. The molecular formula is C9H16N2O. The van der Waals surface area contributed by atoms with Gasteiger partial charge in [-0.15, -0.1) is 0 Å². The molecule has 3 N–H and O–H groups in total. The number of nitrogens with two attached hydrogens (primary N) is 1. The lowest BCUT2D eigenvalue weighted by atomic mass is 10.00. The van der Waals surface area contributed by atoms with Gasteiger partial charge < -0.3 is 15.5 Å². The molecule has 12 heavy (non-hydrogen) atoms. The molecule has 1 heterocycles. The normalized spacial score (nSPS) is 13.4. The molecule has 0 amide bonds. The third-order valence-electron chi connectivity index (χ3n) is 2.00. The van der Waals surface area contributed by atoms with E-state index in [0.717, 1.165) is 11.4 Å². The number of ether oxygens (including phenoxy) is 1. The Morgan fingerprint density at radius 3 is 2.58 bits per heavy atom. The largest absolute Gasteiger partial charge is 0.482 e.